The number of fused-ring (bicyclic) bond motifs is 1. The number of benzene rings is 1. The summed E-state index contributed by atoms with van der Waals surface area (Å²) in [5.41, 5.74) is 3.55. The van der Waals surface area contributed by atoms with Crippen LogP contribution in [0, 0.1) is 0 Å². The second-order valence-corrected chi connectivity index (χ2v) is 6.98. The number of nitrogens with zero attached hydrogens (tertiary/aromatic N) is 2. The topological polar surface area (TPSA) is 59.0 Å². The molecule has 5 nitrogen and oxygen atoms in total. The second-order valence-electron chi connectivity index (χ2n) is 6.98. The molecular weight excluding hydrogens is 312 g/mol. The molecule has 0 aliphatic heterocycles. The summed E-state index contributed by atoms with van der Waals surface area (Å²) >= 11 is 0. The van der Waals surface area contributed by atoms with E-state index in [2.05, 4.69) is 27.3 Å². The molecule has 0 bridgehead atoms. The van der Waals surface area contributed by atoms with Gasteiger partial charge in [-0.05, 0) is 45.6 Å². The molecule has 1 aliphatic rings. The van der Waals surface area contributed by atoms with Crippen LogP contribution in [0.2, 0.25) is 0 Å². The van der Waals surface area contributed by atoms with E-state index in [-0.39, 0.29) is 24.0 Å². The summed E-state index contributed by atoms with van der Waals surface area (Å²) in [4.78, 5) is 12.8. The zero-order valence-corrected chi connectivity index (χ0v) is 15.3. The zero-order chi connectivity index (χ0) is 17.8. The normalized spacial score (nSPS) is 18.0. The third-order valence-electron chi connectivity index (χ3n) is 4.76. The maximum atomic E-state index is 12.8. The molecule has 2 atom stereocenters. The van der Waals surface area contributed by atoms with E-state index in [1.54, 1.807) is 0 Å². The monoisotopic (exact) mass is 340 g/mol. The summed E-state index contributed by atoms with van der Waals surface area (Å²) in [6, 6.07) is 9.88. The second kappa shape index (κ2) is 7.83. The minimum atomic E-state index is -0.357. The van der Waals surface area contributed by atoms with Gasteiger partial charge in [0.05, 0.1) is 6.20 Å². The molecule has 1 heterocycles. The molecule has 25 heavy (non-hydrogen) atoms. The Balaban J connectivity index is 1.86. The van der Waals surface area contributed by atoms with Gasteiger partial charge in [0.25, 0.3) is 0 Å². The predicted molar refractivity (Wildman–Crippen MR) is 99.2 cm³/mol. The Bertz CT molecular complexity index is 708. The molecule has 2 aromatic rings. The minimum Gasteiger partial charge on any atom is -0.352 e. The molecule has 5 heteroatoms. The number of aromatic nitrogens is 2. The van der Waals surface area contributed by atoms with Gasteiger partial charge in [-0.3, -0.25) is 14.8 Å². The fourth-order valence-corrected chi connectivity index (χ4v) is 3.60. The number of nitrogens with one attached hydrogen (secondary N) is 2. The number of aryl methyl sites for hydroxylation is 1. The largest absolute Gasteiger partial charge is 0.352 e. The maximum Gasteiger partial charge on any atom is 0.241 e. The lowest BCUT2D eigenvalue weighted by Crippen LogP contribution is -2.42. The van der Waals surface area contributed by atoms with Gasteiger partial charge in [-0.15, -0.1) is 0 Å². The molecule has 0 fully saturated rings. The summed E-state index contributed by atoms with van der Waals surface area (Å²) < 4.78 is 2.08. The average Bonchev–Trinajstić information content (AvgIpc) is 3.03. The predicted octanol–water partition coefficient (Wildman–Crippen LogP) is 3.14. The fraction of sp³-hybridized carbons (Fsp3) is 0.500. The SMILES string of the molecule is CCn1ncc2c1CCC[C@@H]2N[C@@H](C(=O)NC(C)C)c1ccccc1. The lowest BCUT2D eigenvalue weighted by molar-refractivity contribution is -0.124. The molecular formula is C20H28N4O. The average molecular weight is 340 g/mol. The van der Waals surface area contributed by atoms with Crippen molar-refractivity contribution in [1.82, 2.24) is 20.4 Å². The van der Waals surface area contributed by atoms with Gasteiger partial charge in [-0.25, -0.2) is 0 Å². The molecule has 3 rings (SSSR count). The van der Waals surface area contributed by atoms with Gasteiger partial charge in [-0.1, -0.05) is 30.3 Å². The lowest BCUT2D eigenvalue weighted by Gasteiger charge is -2.29. The number of carbonyl (C=O) groups excluding carboxylic acids is 1. The van der Waals surface area contributed by atoms with E-state index in [1.807, 2.05) is 50.4 Å². The van der Waals surface area contributed by atoms with Crippen LogP contribution in [0.4, 0.5) is 0 Å². The van der Waals surface area contributed by atoms with Crippen LogP contribution in [0.5, 0.6) is 0 Å². The molecule has 1 amide bonds. The Kier molecular flexibility index (Phi) is 5.53. The maximum absolute atomic E-state index is 12.8. The fourth-order valence-electron chi connectivity index (χ4n) is 3.60. The highest BCUT2D eigenvalue weighted by molar-refractivity contribution is 5.83. The number of amides is 1. The molecule has 1 aromatic carbocycles. The highest BCUT2D eigenvalue weighted by Crippen LogP contribution is 2.32. The highest BCUT2D eigenvalue weighted by Gasteiger charge is 2.29. The first-order valence-electron chi connectivity index (χ1n) is 9.26. The van der Waals surface area contributed by atoms with Gasteiger partial charge in [0.15, 0.2) is 0 Å². The van der Waals surface area contributed by atoms with Crippen LogP contribution in [0.25, 0.3) is 0 Å². The van der Waals surface area contributed by atoms with Crippen LogP contribution in [0.3, 0.4) is 0 Å². The summed E-state index contributed by atoms with van der Waals surface area (Å²) in [7, 11) is 0. The molecule has 0 spiro atoms. The molecule has 1 aromatic heterocycles. The van der Waals surface area contributed by atoms with E-state index in [1.165, 1.54) is 11.3 Å². The van der Waals surface area contributed by atoms with Crippen molar-refractivity contribution >= 4 is 5.91 Å². The van der Waals surface area contributed by atoms with Crippen LogP contribution in [-0.4, -0.2) is 21.7 Å². The first-order valence-corrected chi connectivity index (χ1v) is 9.26. The molecule has 134 valence electrons. The number of carbonyl (C=O) groups is 1. The number of hydrogen-bond acceptors (Lipinski definition) is 3. The Hall–Kier alpha value is -2.14. The number of hydrogen-bond donors (Lipinski definition) is 2. The van der Waals surface area contributed by atoms with Crippen molar-refractivity contribution in [3.05, 3.63) is 53.3 Å². The molecule has 0 radical (unpaired) electrons. The Labute approximate surface area is 149 Å². The van der Waals surface area contributed by atoms with Crippen LogP contribution < -0.4 is 10.6 Å². The summed E-state index contributed by atoms with van der Waals surface area (Å²) in [6.07, 6.45) is 5.18. The van der Waals surface area contributed by atoms with Crippen molar-refractivity contribution in [2.45, 2.75) is 64.7 Å². The minimum absolute atomic E-state index is 0.0243. The standard InChI is InChI=1S/C20H28N4O/c1-4-24-18-12-8-11-17(16(18)13-21-24)23-19(20(25)22-14(2)3)15-9-6-5-7-10-15/h5-7,9-10,13-14,17,19,23H,4,8,11-12H2,1-3H3,(H,22,25)/t17-,19+/m0/s1. The Morgan fingerprint density at radius 3 is 2.76 bits per heavy atom. The molecule has 1 aliphatic carbocycles. The van der Waals surface area contributed by atoms with Gasteiger partial charge < -0.3 is 5.32 Å². The molecule has 2 N–H and O–H groups in total. The molecule has 0 saturated carbocycles. The van der Waals surface area contributed by atoms with Crippen LogP contribution >= 0.6 is 0 Å². The van der Waals surface area contributed by atoms with Crippen molar-refractivity contribution < 1.29 is 4.79 Å². The molecule has 0 unspecified atom stereocenters. The summed E-state index contributed by atoms with van der Waals surface area (Å²) in [6.45, 7) is 6.99. The van der Waals surface area contributed by atoms with Crippen molar-refractivity contribution in [1.29, 1.82) is 0 Å². The van der Waals surface area contributed by atoms with E-state index in [4.69, 9.17) is 0 Å². The summed E-state index contributed by atoms with van der Waals surface area (Å²) in [5, 5.41) is 11.2. The quantitative estimate of drug-likeness (QED) is 0.849. The van der Waals surface area contributed by atoms with Gasteiger partial charge in [0.1, 0.15) is 6.04 Å². The Morgan fingerprint density at radius 1 is 1.32 bits per heavy atom. The summed E-state index contributed by atoms with van der Waals surface area (Å²) in [5.74, 6) is 0.0243. The Morgan fingerprint density at radius 2 is 2.08 bits per heavy atom. The van der Waals surface area contributed by atoms with E-state index in [0.717, 1.165) is 31.4 Å². The first-order chi connectivity index (χ1) is 12.1. The van der Waals surface area contributed by atoms with Gasteiger partial charge in [-0.2, -0.15) is 5.10 Å². The van der Waals surface area contributed by atoms with E-state index < -0.39 is 0 Å². The van der Waals surface area contributed by atoms with Crippen molar-refractivity contribution in [3.8, 4) is 0 Å². The van der Waals surface area contributed by atoms with Crippen LogP contribution in [0.1, 0.15) is 62.5 Å². The van der Waals surface area contributed by atoms with E-state index >= 15 is 0 Å². The van der Waals surface area contributed by atoms with Gasteiger partial charge in [0.2, 0.25) is 5.91 Å². The van der Waals surface area contributed by atoms with E-state index in [9.17, 15) is 4.79 Å². The third-order valence-corrected chi connectivity index (χ3v) is 4.76. The number of rotatable bonds is 6. The zero-order valence-electron chi connectivity index (χ0n) is 15.3. The van der Waals surface area contributed by atoms with Gasteiger partial charge in [0, 0.05) is 29.9 Å². The highest BCUT2D eigenvalue weighted by atomic mass is 16.2. The lowest BCUT2D eigenvalue weighted by atomic mass is 9.91. The molecule has 0 saturated heterocycles. The van der Waals surface area contributed by atoms with Crippen molar-refractivity contribution in [2.24, 2.45) is 0 Å². The van der Waals surface area contributed by atoms with Crippen molar-refractivity contribution in [3.63, 3.8) is 0 Å². The smallest absolute Gasteiger partial charge is 0.241 e. The van der Waals surface area contributed by atoms with Crippen LogP contribution in [0.15, 0.2) is 36.5 Å². The first kappa shape index (κ1) is 17.7. The van der Waals surface area contributed by atoms with E-state index in [0.29, 0.717) is 0 Å². The van der Waals surface area contributed by atoms with Crippen LogP contribution in [-0.2, 0) is 17.8 Å². The third kappa shape index (κ3) is 3.93. The van der Waals surface area contributed by atoms with Crippen molar-refractivity contribution in [2.75, 3.05) is 0 Å². The van der Waals surface area contributed by atoms with Gasteiger partial charge >= 0.3 is 0 Å².